The number of amides is 2. The first-order valence-electron chi connectivity index (χ1n) is 9.94. The normalized spacial score (nSPS) is 14.3. The van der Waals surface area contributed by atoms with Crippen LogP contribution in [0.15, 0.2) is 48.5 Å². The lowest BCUT2D eigenvalue weighted by atomic mass is 9.95. The van der Waals surface area contributed by atoms with Crippen molar-refractivity contribution in [1.29, 1.82) is 0 Å². The van der Waals surface area contributed by atoms with E-state index in [1.165, 1.54) is 0 Å². The number of rotatable bonds is 7. The molecule has 1 heterocycles. The molecular weight excluding hydrogens is 368 g/mol. The topological polar surface area (TPSA) is 67.9 Å². The molecule has 0 radical (unpaired) electrons. The minimum atomic E-state index is -0.0363. The van der Waals surface area contributed by atoms with Crippen LogP contribution in [-0.2, 0) is 11.2 Å². The van der Waals surface area contributed by atoms with Crippen molar-refractivity contribution < 1.29 is 19.1 Å². The number of hydrogen-bond donors (Lipinski definition) is 1. The second-order valence-corrected chi connectivity index (χ2v) is 7.18. The fourth-order valence-corrected chi connectivity index (χ4v) is 3.53. The largest absolute Gasteiger partial charge is 0.497 e. The first-order chi connectivity index (χ1) is 14.1. The molecule has 2 aromatic rings. The van der Waals surface area contributed by atoms with Gasteiger partial charge in [0.2, 0.25) is 5.91 Å². The highest BCUT2D eigenvalue weighted by atomic mass is 16.5. The van der Waals surface area contributed by atoms with Gasteiger partial charge in [0, 0.05) is 31.1 Å². The standard InChI is InChI=1S/C23H28N2O4/c1-28-20-7-3-17(4-8-20)11-14-24-22(26)18-12-15-25(16-13-18)23(27)19-5-9-21(29-2)10-6-19/h3-10,18H,11-16H2,1-2H3,(H,24,26). The molecule has 0 bridgehead atoms. The van der Waals surface area contributed by atoms with Crippen LogP contribution in [-0.4, -0.2) is 50.6 Å². The zero-order valence-electron chi connectivity index (χ0n) is 17.0. The number of carbonyl (C=O) groups excluding carboxylic acids is 2. The third-order valence-electron chi connectivity index (χ3n) is 5.36. The van der Waals surface area contributed by atoms with Crippen molar-refractivity contribution >= 4 is 11.8 Å². The Labute approximate surface area is 171 Å². The highest BCUT2D eigenvalue weighted by Gasteiger charge is 2.27. The van der Waals surface area contributed by atoms with Gasteiger partial charge in [-0.2, -0.15) is 0 Å². The number of nitrogens with zero attached hydrogens (tertiary/aromatic N) is 1. The molecule has 2 aromatic carbocycles. The molecular formula is C23H28N2O4. The van der Waals surface area contributed by atoms with Gasteiger partial charge in [-0.25, -0.2) is 0 Å². The van der Waals surface area contributed by atoms with Crippen molar-refractivity contribution in [2.75, 3.05) is 33.9 Å². The van der Waals surface area contributed by atoms with Gasteiger partial charge in [0.05, 0.1) is 14.2 Å². The molecule has 1 aliphatic rings. The van der Waals surface area contributed by atoms with Gasteiger partial charge >= 0.3 is 0 Å². The summed E-state index contributed by atoms with van der Waals surface area (Å²) in [6.45, 7) is 1.80. The molecule has 2 amide bonds. The van der Waals surface area contributed by atoms with E-state index < -0.39 is 0 Å². The average molecular weight is 396 g/mol. The van der Waals surface area contributed by atoms with Gasteiger partial charge in [-0.1, -0.05) is 12.1 Å². The zero-order valence-corrected chi connectivity index (χ0v) is 17.0. The molecule has 1 fully saturated rings. The highest BCUT2D eigenvalue weighted by Crippen LogP contribution is 2.20. The quantitative estimate of drug-likeness (QED) is 0.781. The van der Waals surface area contributed by atoms with E-state index in [4.69, 9.17) is 9.47 Å². The predicted octanol–water partition coefficient (Wildman–Crippen LogP) is 2.91. The molecule has 1 N–H and O–H groups in total. The Hall–Kier alpha value is -3.02. The van der Waals surface area contributed by atoms with Gasteiger partial charge in [0.15, 0.2) is 0 Å². The van der Waals surface area contributed by atoms with E-state index >= 15 is 0 Å². The maximum Gasteiger partial charge on any atom is 0.253 e. The number of ether oxygens (including phenoxy) is 2. The second kappa shape index (κ2) is 9.96. The van der Waals surface area contributed by atoms with Gasteiger partial charge in [0.1, 0.15) is 11.5 Å². The minimum absolute atomic E-state index is 0.00557. The molecule has 6 nitrogen and oxygen atoms in total. The van der Waals surface area contributed by atoms with Crippen molar-refractivity contribution in [3.8, 4) is 11.5 Å². The molecule has 29 heavy (non-hydrogen) atoms. The SMILES string of the molecule is COc1ccc(CCNC(=O)C2CCN(C(=O)c3ccc(OC)cc3)CC2)cc1. The summed E-state index contributed by atoms with van der Waals surface area (Å²) in [7, 11) is 3.24. The van der Waals surface area contributed by atoms with Crippen molar-refractivity contribution in [2.45, 2.75) is 19.3 Å². The molecule has 0 spiro atoms. The molecule has 6 heteroatoms. The van der Waals surface area contributed by atoms with Crippen molar-refractivity contribution in [2.24, 2.45) is 5.92 Å². The van der Waals surface area contributed by atoms with Crippen LogP contribution in [0.25, 0.3) is 0 Å². The number of carbonyl (C=O) groups is 2. The van der Waals surface area contributed by atoms with Crippen LogP contribution in [0.5, 0.6) is 11.5 Å². The molecule has 3 rings (SSSR count). The lowest BCUT2D eigenvalue weighted by Gasteiger charge is -2.31. The fourth-order valence-electron chi connectivity index (χ4n) is 3.53. The monoisotopic (exact) mass is 396 g/mol. The summed E-state index contributed by atoms with van der Waals surface area (Å²) in [5, 5.41) is 3.03. The van der Waals surface area contributed by atoms with Crippen molar-refractivity contribution in [1.82, 2.24) is 10.2 Å². The maximum absolute atomic E-state index is 12.6. The van der Waals surface area contributed by atoms with Crippen LogP contribution >= 0.6 is 0 Å². The molecule has 0 aliphatic carbocycles. The summed E-state index contributed by atoms with van der Waals surface area (Å²) in [6, 6.07) is 15.0. The van der Waals surface area contributed by atoms with Crippen LogP contribution in [0.1, 0.15) is 28.8 Å². The molecule has 0 aromatic heterocycles. The summed E-state index contributed by atoms with van der Waals surface area (Å²) in [6.07, 6.45) is 2.16. The number of nitrogens with one attached hydrogen (secondary N) is 1. The van der Waals surface area contributed by atoms with Crippen LogP contribution in [0.2, 0.25) is 0 Å². The first-order valence-corrected chi connectivity index (χ1v) is 9.94. The number of methoxy groups -OCH3 is 2. The molecule has 154 valence electrons. The van der Waals surface area contributed by atoms with Crippen molar-refractivity contribution in [3.63, 3.8) is 0 Å². The Morgan fingerprint density at radius 1 is 0.931 bits per heavy atom. The summed E-state index contributed by atoms with van der Waals surface area (Å²) in [5.74, 6) is 1.60. The van der Waals surface area contributed by atoms with Crippen molar-refractivity contribution in [3.05, 3.63) is 59.7 Å². The summed E-state index contributed by atoms with van der Waals surface area (Å²) < 4.78 is 10.3. The highest BCUT2D eigenvalue weighted by molar-refractivity contribution is 5.94. The average Bonchev–Trinajstić information content (AvgIpc) is 2.79. The number of likely N-dealkylation sites (tertiary alicyclic amines) is 1. The molecule has 0 unspecified atom stereocenters. The zero-order chi connectivity index (χ0) is 20.6. The smallest absolute Gasteiger partial charge is 0.253 e. The van der Waals surface area contributed by atoms with E-state index in [-0.39, 0.29) is 17.7 Å². The molecule has 1 aliphatic heterocycles. The van der Waals surface area contributed by atoms with E-state index in [0.29, 0.717) is 38.0 Å². The second-order valence-electron chi connectivity index (χ2n) is 7.18. The van der Waals surface area contributed by atoms with Crippen LogP contribution in [0.3, 0.4) is 0 Å². The molecule has 0 saturated carbocycles. The van der Waals surface area contributed by atoms with E-state index in [0.717, 1.165) is 23.5 Å². The third kappa shape index (κ3) is 5.50. The minimum Gasteiger partial charge on any atom is -0.497 e. The maximum atomic E-state index is 12.6. The van der Waals surface area contributed by atoms with E-state index in [2.05, 4.69) is 5.32 Å². The van der Waals surface area contributed by atoms with Gasteiger partial charge < -0.3 is 19.7 Å². The Balaban J connectivity index is 1.42. The van der Waals surface area contributed by atoms with Gasteiger partial charge in [0.25, 0.3) is 5.91 Å². The van der Waals surface area contributed by atoms with E-state index in [1.54, 1.807) is 38.5 Å². The van der Waals surface area contributed by atoms with E-state index in [1.807, 2.05) is 29.2 Å². The van der Waals surface area contributed by atoms with E-state index in [9.17, 15) is 9.59 Å². The van der Waals surface area contributed by atoms with Gasteiger partial charge in [-0.05, 0) is 61.2 Å². The molecule has 0 atom stereocenters. The Morgan fingerprint density at radius 3 is 2.03 bits per heavy atom. The van der Waals surface area contributed by atoms with Crippen LogP contribution < -0.4 is 14.8 Å². The summed E-state index contributed by atoms with van der Waals surface area (Å²) in [5.41, 5.74) is 1.80. The van der Waals surface area contributed by atoms with Crippen LogP contribution in [0.4, 0.5) is 0 Å². The number of piperidine rings is 1. The van der Waals surface area contributed by atoms with Crippen LogP contribution in [0, 0.1) is 5.92 Å². The third-order valence-corrected chi connectivity index (χ3v) is 5.36. The number of hydrogen-bond acceptors (Lipinski definition) is 4. The summed E-state index contributed by atoms with van der Waals surface area (Å²) >= 11 is 0. The van der Waals surface area contributed by atoms with Gasteiger partial charge in [-0.15, -0.1) is 0 Å². The lowest BCUT2D eigenvalue weighted by Crippen LogP contribution is -2.43. The Kier molecular flexibility index (Phi) is 7.11. The van der Waals surface area contributed by atoms with Gasteiger partial charge in [-0.3, -0.25) is 9.59 Å². The Bertz CT molecular complexity index is 810. The first kappa shape index (κ1) is 20.7. The Morgan fingerprint density at radius 2 is 1.48 bits per heavy atom. The lowest BCUT2D eigenvalue weighted by molar-refractivity contribution is -0.126. The fraction of sp³-hybridized carbons (Fsp3) is 0.391. The summed E-state index contributed by atoms with van der Waals surface area (Å²) in [4.78, 5) is 26.9. The number of benzene rings is 2. The molecule has 1 saturated heterocycles. The predicted molar refractivity (Wildman–Crippen MR) is 111 cm³/mol.